The summed E-state index contributed by atoms with van der Waals surface area (Å²) in [7, 11) is 0. The van der Waals surface area contributed by atoms with Crippen molar-refractivity contribution in [2.45, 2.75) is 27.7 Å². The van der Waals surface area contributed by atoms with E-state index in [-0.39, 0.29) is 0 Å². The van der Waals surface area contributed by atoms with Crippen LogP contribution >= 0.6 is 0 Å². The molecule has 0 aliphatic rings. The van der Waals surface area contributed by atoms with Crippen LogP contribution in [0, 0.1) is 18.8 Å². The van der Waals surface area contributed by atoms with E-state index in [1.54, 1.807) is 0 Å². The Labute approximate surface area is 59.0 Å². The quantitative estimate of drug-likeness (QED) is 0.497. The Bertz CT molecular complexity index is 86.6. The Kier molecular flexibility index (Phi) is 3.60. The van der Waals surface area contributed by atoms with E-state index < -0.39 is 0 Å². The first-order valence-corrected chi connectivity index (χ1v) is 3.58. The summed E-state index contributed by atoms with van der Waals surface area (Å²) < 4.78 is 0. The molecule has 0 aromatic carbocycles. The summed E-state index contributed by atoms with van der Waals surface area (Å²) in [5, 5.41) is 0. The molecule has 53 valence electrons. The highest BCUT2D eigenvalue weighted by Gasteiger charge is 2.04. The Balaban J connectivity index is 4.01. The van der Waals surface area contributed by atoms with Gasteiger partial charge in [0.2, 0.25) is 0 Å². The van der Waals surface area contributed by atoms with Crippen LogP contribution in [-0.2, 0) is 0 Å². The van der Waals surface area contributed by atoms with Crippen LogP contribution in [0.5, 0.6) is 0 Å². The fraction of sp³-hybridized carbons (Fsp3) is 0.667. The second-order valence-corrected chi connectivity index (χ2v) is 2.84. The maximum Gasteiger partial charge on any atom is -0.0229 e. The highest BCUT2D eigenvalue weighted by Crippen LogP contribution is 2.17. The van der Waals surface area contributed by atoms with Gasteiger partial charge in [0, 0.05) is 0 Å². The van der Waals surface area contributed by atoms with E-state index >= 15 is 0 Å². The molecule has 0 aromatic heterocycles. The predicted octanol–water partition coefficient (Wildman–Crippen LogP) is 3.06. The molecule has 1 atom stereocenters. The topological polar surface area (TPSA) is 0 Å². The zero-order chi connectivity index (χ0) is 7.44. The van der Waals surface area contributed by atoms with Gasteiger partial charge in [0.15, 0.2) is 0 Å². The molecule has 0 heterocycles. The lowest BCUT2D eigenvalue weighted by Gasteiger charge is -2.13. The molecule has 0 spiro atoms. The lowest BCUT2D eigenvalue weighted by atomic mass is 9.93. The third kappa shape index (κ3) is 2.69. The standard InChI is InChI=1S/C9H17/c1-6-9(7(2)3)8(4)5/h6-8H,2H2,1,3-5H3. The Morgan fingerprint density at radius 1 is 1.33 bits per heavy atom. The average Bonchev–Trinajstić information content (AvgIpc) is 1.64. The molecule has 0 N–H and O–H groups in total. The van der Waals surface area contributed by atoms with Crippen molar-refractivity contribution in [2.24, 2.45) is 11.8 Å². The molecule has 0 heteroatoms. The van der Waals surface area contributed by atoms with Crippen molar-refractivity contribution in [2.75, 3.05) is 0 Å². The third-order valence-electron chi connectivity index (χ3n) is 1.57. The van der Waals surface area contributed by atoms with Gasteiger partial charge in [-0.25, -0.2) is 0 Å². The lowest BCUT2D eigenvalue weighted by molar-refractivity contribution is 0.661. The predicted molar refractivity (Wildman–Crippen MR) is 43.1 cm³/mol. The molecule has 0 saturated heterocycles. The van der Waals surface area contributed by atoms with Crippen molar-refractivity contribution in [3.63, 3.8) is 0 Å². The number of hydrogen-bond donors (Lipinski definition) is 0. The smallest absolute Gasteiger partial charge is 0.0229 e. The van der Waals surface area contributed by atoms with Crippen LogP contribution in [0.1, 0.15) is 27.7 Å². The van der Waals surface area contributed by atoms with Crippen molar-refractivity contribution < 1.29 is 0 Å². The minimum Gasteiger partial charge on any atom is -0.0879 e. The van der Waals surface area contributed by atoms with Crippen molar-refractivity contribution in [3.8, 4) is 0 Å². The van der Waals surface area contributed by atoms with E-state index in [2.05, 4.69) is 40.7 Å². The van der Waals surface area contributed by atoms with Gasteiger partial charge in [0.1, 0.15) is 0 Å². The van der Waals surface area contributed by atoms with E-state index in [1.165, 1.54) is 5.57 Å². The summed E-state index contributed by atoms with van der Waals surface area (Å²) in [6.07, 6.45) is 2.17. The molecular formula is C9H17. The SMILES string of the molecule is [CH2]C(C)C(=CC)C(C)C. The fourth-order valence-corrected chi connectivity index (χ4v) is 1.19. The minimum absolute atomic E-state index is 0.468. The number of hydrogen-bond acceptors (Lipinski definition) is 0. The van der Waals surface area contributed by atoms with Gasteiger partial charge in [0.05, 0.1) is 0 Å². The molecule has 0 amide bonds. The fourth-order valence-electron chi connectivity index (χ4n) is 1.19. The second-order valence-electron chi connectivity index (χ2n) is 2.84. The summed E-state index contributed by atoms with van der Waals surface area (Å²) in [5.74, 6) is 1.12. The lowest BCUT2D eigenvalue weighted by Crippen LogP contribution is -2.01. The number of allylic oxidation sites excluding steroid dienone is 2. The van der Waals surface area contributed by atoms with Crippen LogP contribution in [0.25, 0.3) is 0 Å². The zero-order valence-electron chi connectivity index (χ0n) is 6.94. The second kappa shape index (κ2) is 3.71. The van der Waals surface area contributed by atoms with Crippen molar-refractivity contribution in [3.05, 3.63) is 18.6 Å². The van der Waals surface area contributed by atoms with Crippen LogP contribution in [0.15, 0.2) is 11.6 Å². The molecule has 0 bridgehead atoms. The van der Waals surface area contributed by atoms with Gasteiger partial charge in [-0.1, -0.05) is 32.4 Å². The molecule has 0 saturated carbocycles. The molecule has 0 nitrogen and oxygen atoms in total. The third-order valence-corrected chi connectivity index (χ3v) is 1.57. The van der Waals surface area contributed by atoms with Gasteiger partial charge < -0.3 is 0 Å². The molecule has 0 fully saturated rings. The van der Waals surface area contributed by atoms with Crippen molar-refractivity contribution in [1.82, 2.24) is 0 Å². The molecule has 9 heavy (non-hydrogen) atoms. The van der Waals surface area contributed by atoms with Gasteiger partial charge in [-0.2, -0.15) is 0 Å². The average molecular weight is 125 g/mol. The monoisotopic (exact) mass is 125 g/mol. The first kappa shape index (κ1) is 8.74. The van der Waals surface area contributed by atoms with Gasteiger partial charge >= 0.3 is 0 Å². The van der Waals surface area contributed by atoms with E-state index in [9.17, 15) is 0 Å². The van der Waals surface area contributed by atoms with E-state index in [4.69, 9.17) is 0 Å². The summed E-state index contributed by atoms with van der Waals surface area (Å²) in [6.45, 7) is 12.6. The molecule has 0 aromatic rings. The summed E-state index contributed by atoms with van der Waals surface area (Å²) in [4.78, 5) is 0. The van der Waals surface area contributed by atoms with E-state index in [0.717, 1.165) is 0 Å². The van der Waals surface area contributed by atoms with E-state index in [0.29, 0.717) is 11.8 Å². The highest BCUT2D eigenvalue weighted by molar-refractivity contribution is 5.07. The Morgan fingerprint density at radius 2 is 1.78 bits per heavy atom. The minimum atomic E-state index is 0.468. The molecule has 0 aliphatic carbocycles. The number of rotatable bonds is 2. The summed E-state index contributed by atoms with van der Waals surface area (Å²) in [6, 6.07) is 0. The molecule has 0 rings (SSSR count). The van der Waals surface area contributed by atoms with Gasteiger partial charge in [-0.3, -0.25) is 0 Å². The zero-order valence-corrected chi connectivity index (χ0v) is 6.94. The van der Waals surface area contributed by atoms with Crippen molar-refractivity contribution >= 4 is 0 Å². The van der Waals surface area contributed by atoms with Crippen LogP contribution in [0.3, 0.4) is 0 Å². The normalized spacial score (nSPS) is 13.4. The first-order valence-electron chi connectivity index (χ1n) is 3.58. The maximum atomic E-state index is 3.96. The van der Waals surface area contributed by atoms with Crippen LogP contribution in [-0.4, -0.2) is 0 Å². The van der Waals surface area contributed by atoms with Crippen LogP contribution < -0.4 is 0 Å². The Morgan fingerprint density at radius 3 is 1.78 bits per heavy atom. The molecule has 0 aliphatic heterocycles. The molecular weight excluding hydrogens is 108 g/mol. The highest BCUT2D eigenvalue weighted by atomic mass is 14.1. The van der Waals surface area contributed by atoms with Crippen molar-refractivity contribution in [1.29, 1.82) is 0 Å². The van der Waals surface area contributed by atoms with E-state index in [1.807, 2.05) is 0 Å². The summed E-state index contributed by atoms with van der Waals surface area (Å²) >= 11 is 0. The van der Waals surface area contributed by atoms with Crippen LogP contribution in [0.4, 0.5) is 0 Å². The maximum absolute atomic E-state index is 3.96. The summed E-state index contributed by atoms with van der Waals surface area (Å²) in [5.41, 5.74) is 1.45. The van der Waals surface area contributed by atoms with Crippen LogP contribution in [0.2, 0.25) is 0 Å². The van der Waals surface area contributed by atoms with Gasteiger partial charge in [-0.05, 0) is 25.7 Å². The van der Waals surface area contributed by atoms with Gasteiger partial charge in [-0.15, -0.1) is 0 Å². The first-order chi connectivity index (χ1) is 4.09. The molecule has 1 radical (unpaired) electrons. The van der Waals surface area contributed by atoms with Gasteiger partial charge in [0.25, 0.3) is 0 Å². The molecule has 1 unspecified atom stereocenters. The Hall–Kier alpha value is -0.260. The largest absolute Gasteiger partial charge is 0.0879 e.